The van der Waals surface area contributed by atoms with E-state index in [0.717, 1.165) is 0 Å². The first-order valence-corrected chi connectivity index (χ1v) is 2.44. The highest BCUT2D eigenvalue weighted by atomic mass is 16.3. The van der Waals surface area contributed by atoms with Crippen LogP contribution in [0.4, 0.5) is 0 Å². The minimum absolute atomic E-state index is 0.0787. The monoisotopic (exact) mass is 126 g/mol. The van der Waals surface area contributed by atoms with Crippen molar-refractivity contribution in [3.8, 4) is 6.07 Å². The number of hydrogen-bond acceptors (Lipinski definition) is 3. The molecule has 0 radical (unpaired) electrons. The van der Waals surface area contributed by atoms with Gasteiger partial charge < -0.3 is 5.41 Å². The predicted molar refractivity (Wildman–Crippen MR) is 32.4 cm³/mol. The Balaban J connectivity index is 4.22. The van der Waals surface area contributed by atoms with E-state index in [0.29, 0.717) is 4.76 Å². The third-order valence-electron chi connectivity index (χ3n) is 0.896. The second-order valence-corrected chi connectivity index (χ2v) is 1.76. The SMILES string of the molecule is CC(=N)C(C#N)[N+](C)=O. The van der Waals surface area contributed by atoms with Gasteiger partial charge in [0.1, 0.15) is 6.07 Å². The van der Waals surface area contributed by atoms with Crippen molar-refractivity contribution in [1.82, 2.24) is 0 Å². The smallest absolute Gasteiger partial charge is 0.302 e. The molecule has 0 bridgehead atoms. The van der Waals surface area contributed by atoms with Crippen LogP contribution in [0.5, 0.6) is 0 Å². The number of nitriles is 1. The molecule has 0 heterocycles. The number of nitroso groups, excluding NO2 is 1. The molecule has 0 aliphatic rings. The topological polar surface area (TPSA) is 67.7 Å². The first kappa shape index (κ1) is 7.76. The normalized spacial score (nSPS) is 11.7. The Hall–Kier alpha value is -1.24. The van der Waals surface area contributed by atoms with E-state index in [4.69, 9.17) is 10.7 Å². The fourth-order valence-electron chi connectivity index (χ4n) is 0.451. The summed E-state index contributed by atoms with van der Waals surface area (Å²) < 4.78 is 0.461. The van der Waals surface area contributed by atoms with Crippen LogP contribution in [0.25, 0.3) is 0 Å². The van der Waals surface area contributed by atoms with Crippen LogP contribution in [-0.4, -0.2) is 23.6 Å². The maximum absolute atomic E-state index is 10.4. The summed E-state index contributed by atoms with van der Waals surface area (Å²) in [4.78, 5) is 10.4. The summed E-state index contributed by atoms with van der Waals surface area (Å²) in [5.74, 6) is 0. The fourth-order valence-corrected chi connectivity index (χ4v) is 0.451. The van der Waals surface area contributed by atoms with E-state index in [-0.39, 0.29) is 5.71 Å². The van der Waals surface area contributed by atoms with Crippen LogP contribution >= 0.6 is 0 Å². The molecule has 0 aromatic carbocycles. The van der Waals surface area contributed by atoms with Crippen LogP contribution in [0.3, 0.4) is 0 Å². The molecular formula is C5H8N3O+. The molecule has 0 fully saturated rings. The van der Waals surface area contributed by atoms with Crippen LogP contribution in [0.15, 0.2) is 0 Å². The molecule has 0 aliphatic carbocycles. The van der Waals surface area contributed by atoms with Gasteiger partial charge in [-0.25, -0.2) is 0 Å². The molecule has 9 heavy (non-hydrogen) atoms. The number of nitrogens with one attached hydrogen (secondary N) is 1. The Kier molecular flexibility index (Phi) is 2.52. The van der Waals surface area contributed by atoms with Crippen molar-refractivity contribution in [2.45, 2.75) is 13.0 Å². The maximum Gasteiger partial charge on any atom is 0.322 e. The Morgan fingerprint density at radius 2 is 2.33 bits per heavy atom. The average molecular weight is 126 g/mol. The molecule has 0 aromatic heterocycles. The molecule has 0 aliphatic heterocycles. The van der Waals surface area contributed by atoms with Crippen LogP contribution in [0.1, 0.15) is 6.92 Å². The van der Waals surface area contributed by atoms with Gasteiger partial charge in [0.15, 0.2) is 7.05 Å². The van der Waals surface area contributed by atoms with Crippen LogP contribution in [0, 0.1) is 21.6 Å². The van der Waals surface area contributed by atoms with Gasteiger partial charge in [0, 0.05) is 9.67 Å². The molecule has 0 saturated carbocycles. The molecular weight excluding hydrogens is 118 g/mol. The van der Waals surface area contributed by atoms with Crippen LogP contribution < -0.4 is 0 Å². The quantitative estimate of drug-likeness (QED) is 0.428. The van der Waals surface area contributed by atoms with Gasteiger partial charge in [0.05, 0.1) is 5.71 Å². The average Bonchev–Trinajstić information content (AvgIpc) is 1.64. The van der Waals surface area contributed by atoms with Crippen molar-refractivity contribution in [3.63, 3.8) is 0 Å². The summed E-state index contributed by atoms with van der Waals surface area (Å²) in [6.45, 7) is 1.43. The summed E-state index contributed by atoms with van der Waals surface area (Å²) in [7, 11) is 1.23. The van der Waals surface area contributed by atoms with E-state index < -0.39 is 6.04 Å². The highest BCUT2D eigenvalue weighted by Crippen LogP contribution is 1.87. The van der Waals surface area contributed by atoms with Crippen molar-refractivity contribution in [3.05, 3.63) is 4.91 Å². The molecule has 4 nitrogen and oxygen atoms in total. The summed E-state index contributed by atoms with van der Waals surface area (Å²) in [5, 5.41) is 15.2. The molecule has 1 atom stereocenters. The predicted octanol–water partition coefficient (Wildman–Crippen LogP) is 0.327. The zero-order valence-electron chi connectivity index (χ0n) is 5.38. The lowest BCUT2D eigenvalue weighted by molar-refractivity contribution is -0.527. The molecule has 1 N–H and O–H groups in total. The van der Waals surface area contributed by atoms with E-state index in [1.807, 2.05) is 0 Å². The lowest BCUT2D eigenvalue weighted by atomic mass is 10.2. The van der Waals surface area contributed by atoms with Crippen molar-refractivity contribution in [2.24, 2.45) is 0 Å². The van der Waals surface area contributed by atoms with Crippen LogP contribution in [0.2, 0.25) is 0 Å². The zero-order valence-corrected chi connectivity index (χ0v) is 5.38. The second kappa shape index (κ2) is 2.92. The lowest BCUT2D eigenvalue weighted by Gasteiger charge is -1.91. The zero-order chi connectivity index (χ0) is 7.44. The number of rotatable bonds is 2. The Bertz CT molecular complexity index is 165. The first-order valence-electron chi connectivity index (χ1n) is 2.44. The lowest BCUT2D eigenvalue weighted by Crippen LogP contribution is -2.25. The van der Waals surface area contributed by atoms with E-state index >= 15 is 0 Å². The molecule has 0 spiro atoms. The second-order valence-electron chi connectivity index (χ2n) is 1.76. The summed E-state index contributed by atoms with van der Waals surface area (Å²) in [6.07, 6.45) is 0. The van der Waals surface area contributed by atoms with Crippen molar-refractivity contribution >= 4 is 5.71 Å². The third-order valence-corrected chi connectivity index (χ3v) is 0.896. The highest BCUT2D eigenvalue weighted by Gasteiger charge is 2.21. The van der Waals surface area contributed by atoms with Crippen molar-refractivity contribution < 1.29 is 4.76 Å². The van der Waals surface area contributed by atoms with E-state index in [9.17, 15) is 4.91 Å². The molecule has 0 amide bonds. The Labute approximate surface area is 53.2 Å². The molecule has 0 saturated heterocycles. The largest absolute Gasteiger partial charge is 0.322 e. The van der Waals surface area contributed by atoms with Gasteiger partial charge in [-0.15, -0.1) is 0 Å². The van der Waals surface area contributed by atoms with E-state index in [1.54, 1.807) is 6.07 Å². The van der Waals surface area contributed by atoms with E-state index in [2.05, 4.69) is 0 Å². The Morgan fingerprint density at radius 3 is 2.33 bits per heavy atom. The summed E-state index contributed by atoms with van der Waals surface area (Å²) in [5.41, 5.74) is 0.0787. The number of hydrogen-bond donors (Lipinski definition) is 1. The Morgan fingerprint density at radius 1 is 1.89 bits per heavy atom. The van der Waals surface area contributed by atoms with Crippen LogP contribution in [-0.2, 0) is 0 Å². The third kappa shape index (κ3) is 2.00. The van der Waals surface area contributed by atoms with Gasteiger partial charge in [-0.3, -0.25) is 0 Å². The van der Waals surface area contributed by atoms with Gasteiger partial charge in [-0.1, -0.05) is 0 Å². The minimum Gasteiger partial charge on any atom is -0.302 e. The van der Waals surface area contributed by atoms with Gasteiger partial charge in [0.25, 0.3) is 0 Å². The maximum atomic E-state index is 10.4. The molecule has 48 valence electrons. The van der Waals surface area contributed by atoms with Crippen molar-refractivity contribution in [1.29, 1.82) is 10.7 Å². The van der Waals surface area contributed by atoms with Gasteiger partial charge in [-0.05, 0) is 6.92 Å². The summed E-state index contributed by atoms with van der Waals surface area (Å²) >= 11 is 0. The number of nitrogens with zero attached hydrogens (tertiary/aromatic N) is 2. The minimum atomic E-state index is -0.912. The van der Waals surface area contributed by atoms with Gasteiger partial charge in [-0.2, -0.15) is 5.26 Å². The van der Waals surface area contributed by atoms with E-state index in [1.165, 1.54) is 14.0 Å². The van der Waals surface area contributed by atoms with Gasteiger partial charge in [0.2, 0.25) is 0 Å². The van der Waals surface area contributed by atoms with Gasteiger partial charge >= 0.3 is 6.04 Å². The molecule has 0 aromatic rings. The first-order chi connectivity index (χ1) is 4.09. The molecule has 0 rings (SSSR count). The summed E-state index contributed by atoms with van der Waals surface area (Å²) in [6, 6.07) is 0.778. The molecule has 1 unspecified atom stereocenters. The fraction of sp³-hybridized carbons (Fsp3) is 0.600. The highest BCUT2D eigenvalue weighted by molar-refractivity contribution is 5.85. The molecule has 4 heteroatoms. The standard InChI is InChI=1S/C5H8N3O/c1-4(7)5(3-6)8(2)9/h5,7H,1-2H3/q+1. The van der Waals surface area contributed by atoms with Crippen molar-refractivity contribution in [2.75, 3.05) is 7.05 Å².